The van der Waals surface area contributed by atoms with E-state index in [4.69, 9.17) is 9.47 Å². The van der Waals surface area contributed by atoms with E-state index in [9.17, 15) is 4.79 Å². The molecule has 1 saturated heterocycles. The number of rotatable bonds is 7. The second-order valence-electron chi connectivity index (χ2n) is 7.30. The van der Waals surface area contributed by atoms with E-state index < -0.39 is 0 Å². The van der Waals surface area contributed by atoms with Crippen LogP contribution in [0.25, 0.3) is 0 Å². The summed E-state index contributed by atoms with van der Waals surface area (Å²) in [5.74, 6) is 0.803. The summed E-state index contributed by atoms with van der Waals surface area (Å²) in [5, 5.41) is 0. The van der Waals surface area contributed by atoms with Gasteiger partial charge in [0.25, 0.3) is 0 Å². The minimum Gasteiger partial charge on any atom is -0.492 e. The van der Waals surface area contributed by atoms with Gasteiger partial charge in [-0.05, 0) is 30.4 Å². The number of halogens is 1. The van der Waals surface area contributed by atoms with Gasteiger partial charge in [-0.2, -0.15) is 0 Å². The molecule has 2 aromatic rings. The maximum atomic E-state index is 13.1. The highest BCUT2D eigenvalue weighted by molar-refractivity contribution is 14.1. The fraction of sp³-hybridized carbons (Fsp3) is 0.375. The molecular formula is C24H28INO3. The molecule has 29 heavy (non-hydrogen) atoms. The van der Waals surface area contributed by atoms with Crippen LogP contribution < -0.4 is 0 Å². The van der Waals surface area contributed by atoms with Crippen LogP contribution in [0.2, 0.25) is 0 Å². The SMILES string of the molecule is C=C1OC(C(CC)N(Cc2ccccc2)C(=O)OCc2ccccc2)CCC1I. The summed E-state index contributed by atoms with van der Waals surface area (Å²) >= 11 is 2.37. The third-order valence-electron chi connectivity index (χ3n) is 5.24. The van der Waals surface area contributed by atoms with Crippen LogP contribution in [0.3, 0.4) is 0 Å². The van der Waals surface area contributed by atoms with Crippen LogP contribution in [0, 0.1) is 0 Å². The molecule has 0 saturated carbocycles. The van der Waals surface area contributed by atoms with Crippen molar-refractivity contribution in [2.75, 3.05) is 0 Å². The average Bonchev–Trinajstić information content (AvgIpc) is 2.75. The molecule has 0 aromatic heterocycles. The summed E-state index contributed by atoms with van der Waals surface area (Å²) in [4.78, 5) is 15.0. The summed E-state index contributed by atoms with van der Waals surface area (Å²) < 4.78 is 12.2. The van der Waals surface area contributed by atoms with Gasteiger partial charge in [0.15, 0.2) is 0 Å². The normalized spacial score (nSPS) is 19.9. The summed E-state index contributed by atoms with van der Waals surface area (Å²) in [6, 6.07) is 19.7. The number of hydrogen-bond acceptors (Lipinski definition) is 3. The molecule has 1 fully saturated rings. The van der Waals surface area contributed by atoms with Crippen LogP contribution in [0.4, 0.5) is 4.79 Å². The predicted molar refractivity (Wildman–Crippen MR) is 124 cm³/mol. The molecule has 5 heteroatoms. The molecule has 0 aliphatic carbocycles. The van der Waals surface area contributed by atoms with Crippen LogP contribution in [0.15, 0.2) is 73.0 Å². The monoisotopic (exact) mass is 505 g/mol. The maximum Gasteiger partial charge on any atom is 0.410 e. The Morgan fingerprint density at radius 1 is 1.14 bits per heavy atom. The Morgan fingerprint density at radius 3 is 2.34 bits per heavy atom. The first-order valence-corrected chi connectivity index (χ1v) is 11.3. The summed E-state index contributed by atoms with van der Waals surface area (Å²) in [5.41, 5.74) is 2.05. The second-order valence-corrected chi connectivity index (χ2v) is 8.80. The lowest BCUT2D eigenvalue weighted by atomic mass is 9.97. The van der Waals surface area contributed by atoms with E-state index in [-0.39, 0.29) is 24.8 Å². The van der Waals surface area contributed by atoms with Crippen molar-refractivity contribution in [2.24, 2.45) is 0 Å². The topological polar surface area (TPSA) is 38.8 Å². The number of alkyl halides is 1. The first kappa shape index (κ1) is 21.7. The van der Waals surface area contributed by atoms with Crippen molar-refractivity contribution in [3.05, 3.63) is 84.1 Å². The standard InChI is InChI=1S/C24H28INO3/c1-3-22(23-15-14-21(25)18(2)29-23)26(16-19-10-6-4-7-11-19)24(27)28-17-20-12-8-5-9-13-20/h4-13,21-23H,2-3,14-17H2,1H3. The van der Waals surface area contributed by atoms with Gasteiger partial charge in [-0.25, -0.2) is 4.79 Å². The fourth-order valence-corrected chi connectivity index (χ4v) is 4.16. The predicted octanol–water partition coefficient (Wildman–Crippen LogP) is 6.10. The van der Waals surface area contributed by atoms with E-state index in [0.29, 0.717) is 10.5 Å². The van der Waals surface area contributed by atoms with E-state index in [1.807, 2.05) is 65.6 Å². The van der Waals surface area contributed by atoms with Gasteiger partial charge in [0.05, 0.1) is 9.97 Å². The molecule has 3 atom stereocenters. The van der Waals surface area contributed by atoms with E-state index in [0.717, 1.165) is 36.1 Å². The second kappa shape index (κ2) is 10.7. The van der Waals surface area contributed by atoms with E-state index in [1.54, 1.807) is 0 Å². The van der Waals surface area contributed by atoms with E-state index >= 15 is 0 Å². The summed E-state index contributed by atoms with van der Waals surface area (Å²) in [6.45, 7) is 6.91. The minimum atomic E-state index is -0.310. The number of carbonyl (C=O) groups is 1. The van der Waals surface area contributed by atoms with Crippen LogP contribution in [-0.4, -0.2) is 27.1 Å². The quantitative estimate of drug-likeness (QED) is 0.337. The molecular weight excluding hydrogens is 477 g/mol. The van der Waals surface area contributed by atoms with E-state index in [2.05, 4.69) is 36.1 Å². The number of nitrogens with zero attached hydrogens (tertiary/aromatic N) is 1. The highest BCUT2D eigenvalue weighted by Crippen LogP contribution is 2.32. The number of allylic oxidation sites excluding steroid dienone is 1. The van der Waals surface area contributed by atoms with Crippen LogP contribution >= 0.6 is 22.6 Å². The third kappa shape index (κ3) is 5.98. The van der Waals surface area contributed by atoms with Gasteiger partial charge >= 0.3 is 6.09 Å². The zero-order valence-electron chi connectivity index (χ0n) is 16.8. The molecule has 1 aliphatic heterocycles. The smallest absolute Gasteiger partial charge is 0.410 e. The molecule has 154 valence electrons. The van der Waals surface area contributed by atoms with Crippen LogP contribution in [0.1, 0.15) is 37.3 Å². The lowest BCUT2D eigenvalue weighted by molar-refractivity contribution is -0.00800. The van der Waals surface area contributed by atoms with Gasteiger partial charge in [-0.15, -0.1) is 0 Å². The maximum absolute atomic E-state index is 13.1. The van der Waals surface area contributed by atoms with Gasteiger partial charge in [0.2, 0.25) is 0 Å². The van der Waals surface area contributed by atoms with Crippen molar-refractivity contribution in [3.8, 4) is 0 Å². The Balaban J connectivity index is 1.77. The van der Waals surface area contributed by atoms with Gasteiger partial charge in [0, 0.05) is 6.54 Å². The number of benzene rings is 2. The largest absolute Gasteiger partial charge is 0.492 e. The Kier molecular flexibility index (Phi) is 7.98. The number of ether oxygens (including phenoxy) is 2. The molecule has 1 amide bonds. The molecule has 3 unspecified atom stereocenters. The molecule has 4 nitrogen and oxygen atoms in total. The van der Waals surface area contributed by atoms with Gasteiger partial charge in [-0.1, -0.05) is 96.8 Å². The van der Waals surface area contributed by atoms with Gasteiger partial charge in [-0.3, -0.25) is 4.90 Å². The van der Waals surface area contributed by atoms with Crippen LogP contribution in [-0.2, 0) is 22.6 Å². The molecule has 0 spiro atoms. The van der Waals surface area contributed by atoms with Crippen molar-refractivity contribution in [2.45, 2.75) is 55.4 Å². The third-order valence-corrected chi connectivity index (χ3v) is 6.56. The molecule has 1 heterocycles. The zero-order chi connectivity index (χ0) is 20.6. The average molecular weight is 505 g/mol. The van der Waals surface area contributed by atoms with E-state index in [1.165, 1.54) is 0 Å². The fourth-order valence-electron chi connectivity index (χ4n) is 3.65. The van der Waals surface area contributed by atoms with Crippen molar-refractivity contribution in [3.63, 3.8) is 0 Å². The zero-order valence-corrected chi connectivity index (χ0v) is 19.0. The summed E-state index contributed by atoms with van der Waals surface area (Å²) in [6.07, 6.45) is 2.33. The van der Waals surface area contributed by atoms with Crippen LogP contribution in [0.5, 0.6) is 0 Å². The van der Waals surface area contributed by atoms with Gasteiger partial charge < -0.3 is 9.47 Å². The Labute approximate surface area is 187 Å². The minimum absolute atomic E-state index is 0.0634. The first-order valence-electron chi connectivity index (χ1n) is 10.1. The molecule has 0 N–H and O–H groups in total. The number of hydrogen-bond donors (Lipinski definition) is 0. The van der Waals surface area contributed by atoms with Gasteiger partial charge in [0.1, 0.15) is 18.5 Å². The highest BCUT2D eigenvalue weighted by atomic mass is 127. The molecule has 0 bridgehead atoms. The lowest BCUT2D eigenvalue weighted by Gasteiger charge is -2.39. The first-order chi connectivity index (χ1) is 14.1. The number of carbonyl (C=O) groups excluding carboxylic acids is 1. The highest BCUT2D eigenvalue weighted by Gasteiger charge is 2.35. The number of amides is 1. The van der Waals surface area contributed by atoms with Crippen molar-refractivity contribution in [1.29, 1.82) is 0 Å². The van der Waals surface area contributed by atoms with Crippen molar-refractivity contribution >= 4 is 28.7 Å². The molecule has 1 aliphatic rings. The Bertz CT molecular complexity index is 796. The Morgan fingerprint density at radius 2 is 1.76 bits per heavy atom. The molecule has 3 rings (SSSR count). The van der Waals surface area contributed by atoms with Crippen molar-refractivity contribution < 1.29 is 14.3 Å². The summed E-state index contributed by atoms with van der Waals surface area (Å²) in [7, 11) is 0. The molecule has 2 aromatic carbocycles. The lowest BCUT2D eigenvalue weighted by Crippen LogP contribution is -2.48. The van der Waals surface area contributed by atoms with Crippen molar-refractivity contribution in [1.82, 2.24) is 4.90 Å². The molecule has 0 radical (unpaired) electrons. The Hall–Kier alpha value is -2.02.